The molecule has 3 nitrogen and oxygen atoms in total. The first kappa shape index (κ1) is 10.2. The topological polar surface area (TPSA) is 38.3 Å². The van der Waals surface area contributed by atoms with Crippen LogP contribution < -0.4 is 5.32 Å². The molecule has 0 rings (SSSR count). The second-order valence-electron chi connectivity index (χ2n) is 2.49. The highest BCUT2D eigenvalue weighted by molar-refractivity contribution is 5.81. The lowest BCUT2D eigenvalue weighted by molar-refractivity contribution is -0.134. The number of hydrogen-bond acceptors (Lipinski definition) is 3. The number of carbonyl (C=O) groups excluding carboxylic acids is 1. The summed E-state index contributed by atoms with van der Waals surface area (Å²) >= 11 is 0. The molecular formula is C8H15NO2. The number of methoxy groups -OCH3 is 1. The van der Waals surface area contributed by atoms with E-state index in [-0.39, 0.29) is 5.97 Å². The van der Waals surface area contributed by atoms with Crippen LogP contribution in [0.15, 0.2) is 12.2 Å². The van der Waals surface area contributed by atoms with Crippen LogP contribution in [0.1, 0.15) is 13.8 Å². The Morgan fingerprint density at radius 1 is 1.64 bits per heavy atom. The van der Waals surface area contributed by atoms with Gasteiger partial charge in [0.25, 0.3) is 0 Å². The van der Waals surface area contributed by atoms with Gasteiger partial charge in [0.2, 0.25) is 0 Å². The van der Waals surface area contributed by atoms with Crippen LogP contribution in [0, 0.1) is 0 Å². The lowest BCUT2D eigenvalue weighted by Gasteiger charge is -2.02. The molecule has 11 heavy (non-hydrogen) atoms. The highest BCUT2D eigenvalue weighted by Crippen LogP contribution is 1.79. The van der Waals surface area contributed by atoms with Crippen LogP contribution in [0.5, 0.6) is 0 Å². The largest absolute Gasteiger partial charge is 0.466 e. The van der Waals surface area contributed by atoms with E-state index in [0.29, 0.717) is 12.6 Å². The van der Waals surface area contributed by atoms with Gasteiger partial charge < -0.3 is 10.1 Å². The first-order chi connectivity index (χ1) is 5.16. The predicted octanol–water partition coefficient (Wildman–Crippen LogP) is 0.714. The summed E-state index contributed by atoms with van der Waals surface area (Å²) in [6.07, 6.45) is 3.15. The van der Waals surface area contributed by atoms with Crippen molar-refractivity contribution < 1.29 is 9.53 Å². The highest BCUT2D eigenvalue weighted by Gasteiger charge is 1.90. The van der Waals surface area contributed by atoms with E-state index < -0.39 is 0 Å². The zero-order valence-electron chi connectivity index (χ0n) is 7.26. The van der Waals surface area contributed by atoms with E-state index in [2.05, 4.69) is 10.1 Å². The van der Waals surface area contributed by atoms with Crippen molar-refractivity contribution in [2.45, 2.75) is 19.9 Å². The summed E-state index contributed by atoms with van der Waals surface area (Å²) in [7, 11) is 1.36. The molecule has 0 heterocycles. The Hall–Kier alpha value is -0.830. The molecule has 0 amide bonds. The van der Waals surface area contributed by atoms with Gasteiger partial charge in [-0.15, -0.1) is 0 Å². The van der Waals surface area contributed by atoms with E-state index in [9.17, 15) is 4.79 Å². The summed E-state index contributed by atoms with van der Waals surface area (Å²) in [6.45, 7) is 4.80. The maximum atomic E-state index is 10.5. The van der Waals surface area contributed by atoms with Crippen molar-refractivity contribution in [3.63, 3.8) is 0 Å². The Bertz CT molecular complexity index is 141. The molecule has 1 N–H and O–H groups in total. The minimum absolute atomic E-state index is 0.310. The van der Waals surface area contributed by atoms with Gasteiger partial charge in [-0.1, -0.05) is 19.9 Å². The number of rotatable bonds is 4. The number of ether oxygens (including phenoxy) is 1. The minimum atomic E-state index is -0.310. The van der Waals surface area contributed by atoms with Gasteiger partial charge in [-0.2, -0.15) is 0 Å². The van der Waals surface area contributed by atoms with E-state index in [1.807, 2.05) is 13.8 Å². The van der Waals surface area contributed by atoms with Crippen LogP contribution in [0.25, 0.3) is 0 Å². The summed E-state index contributed by atoms with van der Waals surface area (Å²) in [5, 5.41) is 3.13. The van der Waals surface area contributed by atoms with Crippen molar-refractivity contribution in [3.05, 3.63) is 12.2 Å². The Balaban J connectivity index is 3.37. The van der Waals surface area contributed by atoms with Crippen molar-refractivity contribution in [1.29, 1.82) is 0 Å². The fourth-order valence-electron chi connectivity index (χ4n) is 0.527. The Morgan fingerprint density at radius 3 is 2.73 bits per heavy atom. The molecule has 0 radical (unpaired) electrons. The normalized spacial score (nSPS) is 10.9. The SMILES string of the molecule is COC(=O)C=CCNC(C)C. The zero-order valence-corrected chi connectivity index (χ0v) is 7.26. The molecule has 0 spiro atoms. The molecule has 0 unspecified atom stereocenters. The Labute approximate surface area is 67.4 Å². The van der Waals surface area contributed by atoms with Crippen molar-refractivity contribution in [1.82, 2.24) is 5.32 Å². The van der Waals surface area contributed by atoms with Gasteiger partial charge in [-0.3, -0.25) is 0 Å². The lowest BCUT2D eigenvalue weighted by Crippen LogP contribution is -2.22. The minimum Gasteiger partial charge on any atom is -0.466 e. The fourth-order valence-corrected chi connectivity index (χ4v) is 0.527. The predicted molar refractivity (Wildman–Crippen MR) is 44.3 cm³/mol. The van der Waals surface area contributed by atoms with Gasteiger partial charge in [0.1, 0.15) is 0 Å². The van der Waals surface area contributed by atoms with Crippen LogP contribution >= 0.6 is 0 Å². The molecule has 0 atom stereocenters. The molecule has 0 saturated carbocycles. The quantitative estimate of drug-likeness (QED) is 0.482. The molecule has 0 aromatic carbocycles. The molecule has 0 aromatic rings. The van der Waals surface area contributed by atoms with E-state index in [0.717, 1.165) is 0 Å². The van der Waals surface area contributed by atoms with E-state index in [1.54, 1.807) is 6.08 Å². The van der Waals surface area contributed by atoms with E-state index in [1.165, 1.54) is 13.2 Å². The van der Waals surface area contributed by atoms with Crippen LogP contribution in [-0.4, -0.2) is 25.7 Å². The van der Waals surface area contributed by atoms with Crippen LogP contribution in [0.2, 0.25) is 0 Å². The average Bonchev–Trinajstić information content (AvgIpc) is 1.97. The molecular weight excluding hydrogens is 142 g/mol. The van der Waals surface area contributed by atoms with Crippen molar-refractivity contribution in [2.24, 2.45) is 0 Å². The Morgan fingerprint density at radius 2 is 2.27 bits per heavy atom. The molecule has 0 bridgehead atoms. The molecule has 3 heteroatoms. The molecule has 0 fully saturated rings. The lowest BCUT2D eigenvalue weighted by atomic mass is 10.4. The van der Waals surface area contributed by atoms with Gasteiger partial charge in [0, 0.05) is 18.7 Å². The summed E-state index contributed by atoms with van der Waals surface area (Å²) in [6, 6.07) is 0.442. The van der Waals surface area contributed by atoms with Crippen LogP contribution in [0.3, 0.4) is 0 Å². The van der Waals surface area contributed by atoms with E-state index >= 15 is 0 Å². The highest BCUT2D eigenvalue weighted by atomic mass is 16.5. The second kappa shape index (κ2) is 5.92. The zero-order chi connectivity index (χ0) is 8.69. The van der Waals surface area contributed by atoms with Crippen molar-refractivity contribution >= 4 is 5.97 Å². The first-order valence-corrected chi connectivity index (χ1v) is 3.64. The number of carbonyl (C=O) groups is 1. The molecule has 0 aliphatic rings. The molecule has 0 aliphatic heterocycles. The van der Waals surface area contributed by atoms with Crippen LogP contribution in [-0.2, 0) is 9.53 Å². The van der Waals surface area contributed by atoms with E-state index in [4.69, 9.17) is 0 Å². The number of esters is 1. The molecule has 0 aliphatic carbocycles. The standard InChI is InChI=1S/C8H15NO2/c1-7(2)9-6-4-5-8(10)11-3/h4-5,7,9H,6H2,1-3H3. The molecule has 64 valence electrons. The second-order valence-corrected chi connectivity index (χ2v) is 2.49. The van der Waals surface area contributed by atoms with Crippen molar-refractivity contribution in [2.75, 3.05) is 13.7 Å². The molecule has 0 aromatic heterocycles. The summed E-state index contributed by atoms with van der Waals surface area (Å²) in [5.74, 6) is -0.310. The van der Waals surface area contributed by atoms with Gasteiger partial charge in [0.15, 0.2) is 0 Å². The number of nitrogens with one attached hydrogen (secondary N) is 1. The van der Waals surface area contributed by atoms with Crippen LogP contribution in [0.4, 0.5) is 0 Å². The first-order valence-electron chi connectivity index (χ1n) is 3.64. The summed E-state index contributed by atoms with van der Waals surface area (Å²) in [4.78, 5) is 10.5. The third-order valence-corrected chi connectivity index (χ3v) is 1.10. The average molecular weight is 157 g/mol. The Kier molecular flexibility index (Phi) is 5.47. The third-order valence-electron chi connectivity index (χ3n) is 1.10. The van der Waals surface area contributed by atoms with Crippen molar-refractivity contribution in [3.8, 4) is 0 Å². The van der Waals surface area contributed by atoms with Gasteiger partial charge in [-0.25, -0.2) is 4.79 Å². The monoisotopic (exact) mass is 157 g/mol. The maximum absolute atomic E-state index is 10.5. The van der Waals surface area contributed by atoms with Gasteiger partial charge in [-0.05, 0) is 0 Å². The smallest absolute Gasteiger partial charge is 0.330 e. The summed E-state index contributed by atoms with van der Waals surface area (Å²) in [5.41, 5.74) is 0. The van der Waals surface area contributed by atoms with Gasteiger partial charge >= 0.3 is 5.97 Å². The number of hydrogen-bond donors (Lipinski definition) is 1. The third kappa shape index (κ3) is 7.06. The summed E-state index contributed by atoms with van der Waals surface area (Å²) < 4.78 is 4.40. The maximum Gasteiger partial charge on any atom is 0.330 e. The van der Waals surface area contributed by atoms with Gasteiger partial charge in [0.05, 0.1) is 7.11 Å². The molecule has 0 saturated heterocycles. The fraction of sp³-hybridized carbons (Fsp3) is 0.625.